The average Bonchev–Trinajstić information content (AvgIpc) is 3.00. The van der Waals surface area contributed by atoms with Gasteiger partial charge in [-0.15, -0.1) is 5.10 Å². The van der Waals surface area contributed by atoms with Crippen LogP contribution in [0.15, 0.2) is 10.8 Å². The van der Waals surface area contributed by atoms with Crippen LogP contribution in [0.2, 0.25) is 0 Å². The lowest BCUT2D eigenvalue weighted by molar-refractivity contribution is 0.414. The van der Waals surface area contributed by atoms with Gasteiger partial charge in [0.2, 0.25) is 10.0 Å². The van der Waals surface area contributed by atoms with Gasteiger partial charge in [0.15, 0.2) is 0 Å². The van der Waals surface area contributed by atoms with E-state index in [0.29, 0.717) is 17.6 Å². The fourth-order valence-electron chi connectivity index (χ4n) is 1.76. The number of aromatic nitrogens is 3. The molecule has 0 radical (unpaired) electrons. The van der Waals surface area contributed by atoms with E-state index in [-0.39, 0.29) is 11.3 Å². The first-order valence-corrected chi connectivity index (χ1v) is 8.48. The van der Waals surface area contributed by atoms with Crippen LogP contribution in [0, 0.1) is 0 Å². The molecule has 0 saturated heterocycles. The normalized spacial score (nSPS) is 17.9. The van der Waals surface area contributed by atoms with Gasteiger partial charge in [-0.2, -0.15) is 0 Å². The Morgan fingerprint density at radius 1 is 1.56 bits per heavy atom. The van der Waals surface area contributed by atoms with Crippen LogP contribution in [-0.2, 0) is 15.6 Å². The molecule has 1 N–H and O–H groups in total. The minimum absolute atomic E-state index is 0.195. The molecule has 0 spiro atoms. The Morgan fingerprint density at radius 3 is 2.78 bits per heavy atom. The molecule has 2 rings (SSSR count). The third-order valence-electron chi connectivity index (χ3n) is 3.17. The third-order valence-corrected chi connectivity index (χ3v) is 4.94. The van der Waals surface area contributed by atoms with Crippen molar-refractivity contribution < 1.29 is 8.42 Å². The van der Waals surface area contributed by atoms with Crippen LogP contribution in [0.25, 0.3) is 0 Å². The van der Waals surface area contributed by atoms with Crippen molar-refractivity contribution in [3.63, 3.8) is 0 Å². The molecule has 102 valence electrons. The smallest absolute Gasteiger partial charge is 0.211 e. The summed E-state index contributed by atoms with van der Waals surface area (Å²) in [7, 11) is -3.16. The first-order valence-electron chi connectivity index (χ1n) is 6.03. The number of halogens is 1. The van der Waals surface area contributed by atoms with Crippen LogP contribution in [-0.4, -0.2) is 35.7 Å². The molecule has 1 aliphatic rings. The van der Waals surface area contributed by atoms with Crippen LogP contribution < -0.4 is 4.72 Å². The van der Waals surface area contributed by atoms with E-state index in [0.717, 1.165) is 19.3 Å². The van der Waals surface area contributed by atoms with Gasteiger partial charge in [-0.05, 0) is 35.2 Å². The van der Waals surface area contributed by atoms with Crippen molar-refractivity contribution in [3.8, 4) is 0 Å². The molecule has 1 aliphatic carbocycles. The van der Waals surface area contributed by atoms with E-state index in [1.807, 2.05) is 6.92 Å². The quantitative estimate of drug-likeness (QED) is 0.812. The molecular formula is C10H17BrN4O2S. The number of hydrogen-bond donors (Lipinski definition) is 1. The Labute approximate surface area is 115 Å². The summed E-state index contributed by atoms with van der Waals surface area (Å²) in [6, 6.07) is 0. The molecule has 1 aromatic rings. The molecule has 1 saturated carbocycles. The van der Waals surface area contributed by atoms with Crippen molar-refractivity contribution in [2.75, 3.05) is 12.3 Å². The zero-order valence-electron chi connectivity index (χ0n) is 10.3. The van der Waals surface area contributed by atoms with Gasteiger partial charge >= 0.3 is 0 Å². The molecule has 18 heavy (non-hydrogen) atoms. The molecule has 8 heteroatoms. The summed E-state index contributed by atoms with van der Waals surface area (Å²) in [5, 5.41) is 7.87. The van der Waals surface area contributed by atoms with E-state index in [9.17, 15) is 8.42 Å². The Bertz CT molecular complexity index is 510. The van der Waals surface area contributed by atoms with Crippen LogP contribution in [0.5, 0.6) is 0 Å². The van der Waals surface area contributed by atoms with Crippen molar-refractivity contribution in [2.24, 2.45) is 0 Å². The zero-order chi connectivity index (χ0) is 13.2. The Balaban J connectivity index is 1.94. The van der Waals surface area contributed by atoms with E-state index in [1.54, 1.807) is 10.9 Å². The van der Waals surface area contributed by atoms with Gasteiger partial charge in [0.25, 0.3) is 0 Å². The van der Waals surface area contributed by atoms with Gasteiger partial charge < -0.3 is 0 Å². The van der Waals surface area contributed by atoms with Crippen LogP contribution >= 0.6 is 15.9 Å². The number of unbranched alkanes of at least 4 members (excludes halogenated alkanes) is 1. The lowest BCUT2D eigenvalue weighted by Gasteiger charge is -2.15. The lowest BCUT2D eigenvalue weighted by Crippen LogP contribution is -2.37. The monoisotopic (exact) mass is 336 g/mol. The van der Waals surface area contributed by atoms with E-state index in [1.165, 1.54) is 0 Å². The average molecular weight is 337 g/mol. The minimum atomic E-state index is -3.16. The summed E-state index contributed by atoms with van der Waals surface area (Å²) >= 11 is 3.24. The van der Waals surface area contributed by atoms with E-state index in [4.69, 9.17) is 0 Å². The van der Waals surface area contributed by atoms with Crippen molar-refractivity contribution in [2.45, 2.75) is 38.1 Å². The van der Waals surface area contributed by atoms with Crippen LogP contribution in [0.3, 0.4) is 0 Å². The number of hydrogen-bond acceptors (Lipinski definition) is 4. The molecule has 6 nitrogen and oxygen atoms in total. The summed E-state index contributed by atoms with van der Waals surface area (Å²) in [5.74, 6) is 0.195. The van der Waals surface area contributed by atoms with Crippen LogP contribution in [0.1, 0.15) is 32.6 Å². The third kappa shape index (κ3) is 3.30. The van der Waals surface area contributed by atoms with Crippen LogP contribution in [0.4, 0.5) is 0 Å². The summed E-state index contributed by atoms with van der Waals surface area (Å²) in [4.78, 5) is 0. The van der Waals surface area contributed by atoms with Gasteiger partial charge in [-0.3, -0.25) is 0 Å². The molecule has 0 aliphatic heterocycles. The topological polar surface area (TPSA) is 76.9 Å². The fourth-order valence-corrected chi connectivity index (χ4v) is 3.32. The molecule has 0 atom stereocenters. The van der Waals surface area contributed by atoms with E-state index < -0.39 is 10.0 Å². The Morgan fingerprint density at radius 2 is 2.28 bits per heavy atom. The predicted molar refractivity (Wildman–Crippen MR) is 71.6 cm³/mol. The fraction of sp³-hybridized carbons (Fsp3) is 0.800. The van der Waals surface area contributed by atoms with Gasteiger partial charge in [-0.1, -0.05) is 18.6 Å². The highest BCUT2D eigenvalue weighted by Crippen LogP contribution is 2.42. The Kier molecular flexibility index (Phi) is 4.08. The summed E-state index contributed by atoms with van der Waals surface area (Å²) in [6.07, 6.45) is 5.21. The SMILES string of the molecule is CCCCS(=O)(=O)NCC1(n2cc(Br)nn2)CC1. The molecular weight excluding hydrogens is 320 g/mol. The highest BCUT2D eigenvalue weighted by Gasteiger charge is 2.46. The van der Waals surface area contributed by atoms with Gasteiger partial charge in [0.1, 0.15) is 4.60 Å². The number of sulfonamides is 1. The second kappa shape index (κ2) is 5.26. The molecule has 1 heterocycles. The number of nitrogens with zero attached hydrogens (tertiary/aromatic N) is 3. The molecule has 0 aromatic carbocycles. The summed E-state index contributed by atoms with van der Waals surface area (Å²) in [5.41, 5.74) is -0.210. The summed E-state index contributed by atoms with van der Waals surface area (Å²) in [6.45, 7) is 2.37. The predicted octanol–water partition coefficient (Wildman–Crippen LogP) is 1.25. The first-order chi connectivity index (χ1) is 8.47. The van der Waals surface area contributed by atoms with E-state index >= 15 is 0 Å². The second-order valence-corrected chi connectivity index (χ2v) is 7.44. The summed E-state index contributed by atoms with van der Waals surface area (Å²) < 4.78 is 28.6. The molecule has 1 aromatic heterocycles. The number of rotatable bonds is 7. The van der Waals surface area contributed by atoms with Gasteiger partial charge in [-0.25, -0.2) is 17.8 Å². The first kappa shape index (κ1) is 14.0. The standard InChI is InChI=1S/C10H17BrN4O2S/c1-2-3-6-18(16,17)12-8-10(4-5-10)15-7-9(11)13-14-15/h7,12H,2-6,8H2,1H3. The van der Waals surface area contributed by atoms with Crippen molar-refractivity contribution in [1.29, 1.82) is 0 Å². The molecule has 0 amide bonds. The maximum atomic E-state index is 11.7. The van der Waals surface area contributed by atoms with Crippen molar-refractivity contribution >= 4 is 26.0 Å². The minimum Gasteiger partial charge on any atom is -0.244 e. The highest BCUT2D eigenvalue weighted by molar-refractivity contribution is 9.10. The number of nitrogens with one attached hydrogen (secondary N) is 1. The second-order valence-electron chi connectivity index (χ2n) is 4.70. The molecule has 0 bridgehead atoms. The van der Waals surface area contributed by atoms with E-state index in [2.05, 4.69) is 31.0 Å². The van der Waals surface area contributed by atoms with Gasteiger partial charge in [0.05, 0.1) is 17.5 Å². The lowest BCUT2D eigenvalue weighted by atomic mass is 10.3. The molecule has 1 fully saturated rings. The zero-order valence-corrected chi connectivity index (χ0v) is 12.7. The maximum Gasteiger partial charge on any atom is 0.211 e. The van der Waals surface area contributed by atoms with Crippen molar-refractivity contribution in [1.82, 2.24) is 19.7 Å². The van der Waals surface area contributed by atoms with Gasteiger partial charge in [0, 0.05) is 6.54 Å². The van der Waals surface area contributed by atoms with Crippen molar-refractivity contribution in [3.05, 3.63) is 10.8 Å². The largest absolute Gasteiger partial charge is 0.244 e. The Hall–Kier alpha value is -0.470. The maximum absolute atomic E-state index is 11.7. The molecule has 0 unspecified atom stereocenters. The highest BCUT2D eigenvalue weighted by atomic mass is 79.9.